The van der Waals surface area contributed by atoms with Crippen LogP contribution in [-0.2, 0) is 11.8 Å². The van der Waals surface area contributed by atoms with Crippen molar-refractivity contribution in [2.75, 3.05) is 6.54 Å². The molecule has 19 heavy (non-hydrogen) atoms. The third-order valence-corrected chi connectivity index (χ3v) is 3.76. The highest BCUT2D eigenvalue weighted by atomic mass is 14.5. The Bertz CT molecular complexity index is 497. The monoisotopic (exact) mass is 253 g/mol. The van der Waals surface area contributed by atoms with Gasteiger partial charge in [0.15, 0.2) is 0 Å². The molecule has 0 aliphatic carbocycles. The van der Waals surface area contributed by atoms with Crippen LogP contribution in [0.15, 0.2) is 54.6 Å². The van der Waals surface area contributed by atoms with Gasteiger partial charge in [-0.15, -0.1) is 0 Å². The molecule has 0 aromatic heterocycles. The highest BCUT2D eigenvalue weighted by Gasteiger charge is 2.18. The zero-order valence-electron chi connectivity index (χ0n) is 11.9. The molecule has 1 nitrogen and oxygen atoms in total. The first-order valence-electron chi connectivity index (χ1n) is 6.95. The van der Waals surface area contributed by atoms with Crippen molar-refractivity contribution in [2.45, 2.75) is 32.1 Å². The summed E-state index contributed by atoms with van der Waals surface area (Å²) < 4.78 is 0. The van der Waals surface area contributed by atoms with Crippen molar-refractivity contribution in [2.24, 2.45) is 5.73 Å². The van der Waals surface area contributed by atoms with E-state index in [2.05, 4.69) is 68.4 Å². The summed E-state index contributed by atoms with van der Waals surface area (Å²) in [5.41, 5.74) is 9.94. The molecule has 0 spiro atoms. The first-order valence-corrected chi connectivity index (χ1v) is 6.95. The maximum atomic E-state index is 5.68. The van der Waals surface area contributed by atoms with E-state index in [-0.39, 0.29) is 5.41 Å². The second-order valence-electron chi connectivity index (χ2n) is 5.78. The number of hydrogen-bond donors (Lipinski definition) is 1. The molecule has 0 unspecified atom stereocenters. The van der Waals surface area contributed by atoms with Gasteiger partial charge in [-0.3, -0.25) is 0 Å². The quantitative estimate of drug-likeness (QED) is 0.859. The summed E-state index contributed by atoms with van der Waals surface area (Å²) in [6.45, 7) is 5.25. The van der Waals surface area contributed by atoms with Crippen LogP contribution in [-0.4, -0.2) is 6.54 Å². The second kappa shape index (κ2) is 6.03. The molecule has 0 bridgehead atoms. The molecule has 2 aromatic carbocycles. The summed E-state index contributed by atoms with van der Waals surface area (Å²) in [5.74, 6) is 0. The Hall–Kier alpha value is -1.60. The second-order valence-corrected chi connectivity index (χ2v) is 5.78. The average Bonchev–Trinajstić information content (AvgIpc) is 2.40. The molecule has 0 saturated carbocycles. The lowest BCUT2D eigenvalue weighted by Crippen LogP contribution is -2.21. The van der Waals surface area contributed by atoms with E-state index >= 15 is 0 Å². The maximum absolute atomic E-state index is 5.68. The fourth-order valence-electron chi connectivity index (χ4n) is 2.41. The van der Waals surface area contributed by atoms with Crippen LogP contribution in [0.5, 0.6) is 0 Å². The fraction of sp³-hybridized carbons (Fsp3) is 0.333. The molecule has 1 heteroatoms. The van der Waals surface area contributed by atoms with Gasteiger partial charge in [-0.25, -0.2) is 0 Å². The van der Waals surface area contributed by atoms with E-state index in [0.717, 1.165) is 19.4 Å². The molecule has 2 rings (SSSR count). The lowest BCUT2D eigenvalue weighted by Gasteiger charge is -2.24. The van der Waals surface area contributed by atoms with Crippen LogP contribution in [0.4, 0.5) is 0 Å². The normalized spacial score (nSPS) is 11.5. The Kier molecular flexibility index (Phi) is 4.39. The number of benzene rings is 2. The number of rotatable bonds is 5. The van der Waals surface area contributed by atoms with E-state index in [4.69, 9.17) is 5.73 Å². The van der Waals surface area contributed by atoms with E-state index in [1.807, 2.05) is 0 Å². The first kappa shape index (κ1) is 13.8. The van der Waals surface area contributed by atoms with E-state index in [1.54, 1.807) is 0 Å². The van der Waals surface area contributed by atoms with Gasteiger partial charge in [0.2, 0.25) is 0 Å². The van der Waals surface area contributed by atoms with Crippen LogP contribution >= 0.6 is 0 Å². The van der Waals surface area contributed by atoms with Crippen molar-refractivity contribution in [3.63, 3.8) is 0 Å². The standard InChI is InChI=1S/C18H23N/c1-18(2,12-13-19)17-10-8-16(9-11-17)14-15-6-4-3-5-7-15/h3-11H,12-14,19H2,1-2H3. The molecule has 2 N–H and O–H groups in total. The summed E-state index contributed by atoms with van der Waals surface area (Å²) in [6.07, 6.45) is 2.02. The third kappa shape index (κ3) is 3.68. The molecule has 0 atom stereocenters. The van der Waals surface area contributed by atoms with E-state index in [1.165, 1.54) is 16.7 Å². The lowest BCUT2D eigenvalue weighted by atomic mass is 9.81. The molecular weight excluding hydrogens is 230 g/mol. The molecule has 0 saturated heterocycles. The Morgan fingerprint density at radius 2 is 1.42 bits per heavy atom. The largest absolute Gasteiger partial charge is 0.330 e. The van der Waals surface area contributed by atoms with Crippen molar-refractivity contribution in [3.05, 3.63) is 71.3 Å². The smallest absolute Gasteiger partial charge is 0.00258 e. The predicted molar refractivity (Wildman–Crippen MR) is 82.4 cm³/mol. The van der Waals surface area contributed by atoms with Crippen LogP contribution in [0.3, 0.4) is 0 Å². The highest BCUT2D eigenvalue weighted by Crippen LogP contribution is 2.26. The van der Waals surface area contributed by atoms with Gasteiger partial charge in [0.05, 0.1) is 0 Å². The molecular formula is C18H23N. The van der Waals surface area contributed by atoms with Crippen molar-refractivity contribution in [1.82, 2.24) is 0 Å². The molecule has 0 radical (unpaired) electrons. The third-order valence-electron chi connectivity index (χ3n) is 3.76. The van der Waals surface area contributed by atoms with Crippen LogP contribution < -0.4 is 5.73 Å². The van der Waals surface area contributed by atoms with Gasteiger partial charge in [-0.1, -0.05) is 68.4 Å². The van der Waals surface area contributed by atoms with Crippen LogP contribution in [0, 0.1) is 0 Å². The molecule has 0 aliphatic rings. The van der Waals surface area contributed by atoms with Crippen molar-refractivity contribution < 1.29 is 0 Å². The van der Waals surface area contributed by atoms with Gasteiger partial charge >= 0.3 is 0 Å². The van der Waals surface area contributed by atoms with Crippen LogP contribution in [0.1, 0.15) is 37.0 Å². The molecule has 0 aliphatic heterocycles. The van der Waals surface area contributed by atoms with Gasteiger partial charge in [-0.05, 0) is 41.5 Å². The topological polar surface area (TPSA) is 26.0 Å². The zero-order valence-corrected chi connectivity index (χ0v) is 11.9. The van der Waals surface area contributed by atoms with Crippen molar-refractivity contribution >= 4 is 0 Å². The van der Waals surface area contributed by atoms with Crippen molar-refractivity contribution in [3.8, 4) is 0 Å². The van der Waals surface area contributed by atoms with Gasteiger partial charge in [0, 0.05) is 0 Å². The summed E-state index contributed by atoms with van der Waals surface area (Å²) in [4.78, 5) is 0. The fourth-order valence-corrected chi connectivity index (χ4v) is 2.41. The van der Waals surface area contributed by atoms with E-state index < -0.39 is 0 Å². The zero-order chi connectivity index (χ0) is 13.7. The van der Waals surface area contributed by atoms with E-state index in [9.17, 15) is 0 Å². The van der Waals surface area contributed by atoms with Crippen LogP contribution in [0.25, 0.3) is 0 Å². The number of hydrogen-bond acceptors (Lipinski definition) is 1. The SMILES string of the molecule is CC(C)(CCN)c1ccc(Cc2ccccc2)cc1. The Morgan fingerprint density at radius 3 is 2.00 bits per heavy atom. The van der Waals surface area contributed by atoms with Gasteiger partial charge in [0.1, 0.15) is 0 Å². The van der Waals surface area contributed by atoms with Gasteiger partial charge in [-0.2, -0.15) is 0 Å². The Balaban J connectivity index is 2.11. The average molecular weight is 253 g/mol. The molecule has 0 heterocycles. The minimum Gasteiger partial charge on any atom is -0.330 e. The van der Waals surface area contributed by atoms with Crippen LogP contribution in [0.2, 0.25) is 0 Å². The summed E-state index contributed by atoms with van der Waals surface area (Å²) in [7, 11) is 0. The first-order chi connectivity index (χ1) is 9.12. The molecule has 2 aromatic rings. The molecule has 0 fully saturated rings. The summed E-state index contributed by atoms with van der Waals surface area (Å²) in [5, 5.41) is 0. The number of nitrogens with two attached hydrogens (primary N) is 1. The van der Waals surface area contributed by atoms with E-state index in [0.29, 0.717) is 0 Å². The summed E-state index contributed by atoms with van der Waals surface area (Å²) >= 11 is 0. The minimum atomic E-state index is 0.167. The minimum absolute atomic E-state index is 0.167. The van der Waals surface area contributed by atoms with Gasteiger partial charge in [0.25, 0.3) is 0 Å². The molecule has 0 amide bonds. The predicted octanol–water partition coefficient (Wildman–Crippen LogP) is 3.90. The Labute approximate surface area is 116 Å². The highest BCUT2D eigenvalue weighted by molar-refractivity contribution is 5.31. The van der Waals surface area contributed by atoms with Crippen molar-refractivity contribution in [1.29, 1.82) is 0 Å². The van der Waals surface area contributed by atoms with Gasteiger partial charge < -0.3 is 5.73 Å². The molecule has 100 valence electrons. The maximum Gasteiger partial charge on any atom is -0.00258 e. The summed E-state index contributed by atoms with van der Waals surface area (Å²) in [6, 6.07) is 19.5. The lowest BCUT2D eigenvalue weighted by molar-refractivity contribution is 0.487. The Morgan fingerprint density at radius 1 is 0.842 bits per heavy atom.